The zero-order chi connectivity index (χ0) is 13.5. The molecule has 1 unspecified atom stereocenters. The number of rotatable bonds is 5. The Bertz CT molecular complexity index is 430. The maximum absolute atomic E-state index is 12.9. The number of carbonyl (C=O) groups is 1. The second kappa shape index (κ2) is 6.91. The van der Waals surface area contributed by atoms with Crippen LogP contribution >= 0.6 is 0 Å². The Hall–Kier alpha value is -1.68. The summed E-state index contributed by atoms with van der Waals surface area (Å²) in [5, 5.41) is 9.12. The van der Waals surface area contributed by atoms with Crippen molar-refractivity contribution < 1.29 is 14.3 Å². The van der Waals surface area contributed by atoms with E-state index in [1.807, 2.05) is 0 Å². The van der Waals surface area contributed by atoms with Crippen molar-refractivity contribution in [3.8, 4) is 0 Å². The Morgan fingerprint density at radius 2 is 2.28 bits per heavy atom. The standard InChI is InChI=1S/C14H18FNO2/c1-11(17)8-9-16(2)14(18)7-6-12-4-3-5-13(15)10-12/h3-7,10-11,17H,8-9H2,1-2H3/b7-6+. The number of aliphatic hydroxyl groups excluding tert-OH is 1. The number of carbonyl (C=O) groups excluding carboxylic acids is 1. The van der Waals surface area contributed by atoms with Gasteiger partial charge in [0.05, 0.1) is 6.10 Å². The lowest BCUT2D eigenvalue weighted by Crippen LogP contribution is -2.27. The predicted molar refractivity (Wildman–Crippen MR) is 69.4 cm³/mol. The molecule has 1 rings (SSSR count). The SMILES string of the molecule is CC(O)CCN(C)C(=O)/C=C/c1cccc(F)c1. The molecule has 1 amide bonds. The third-order valence-corrected chi connectivity index (χ3v) is 2.53. The van der Waals surface area contributed by atoms with Gasteiger partial charge in [0.15, 0.2) is 0 Å². The fraction of sp³-hybridized carbons (Fsp3) is 0.357. The Labute approximate surface area is 107 Å². The average Bonchev–Trinajstić information content (AvgIpc) is 2.33. The van der Waals surface area contributed by atoms with Crippen molar-refractivity contribution in [1.29, 1.82) is 0 Å². The van der Waals surface area contributed by atoms with Crippen LogP contribution in [0.4, 0.5) is 4.39 Å². The summed E-state index contributed by atoms with van der Waals surface area (Å²) in [7, 11) is 1.67. The zero-order valence-electron chi connectivity index (χ0n) is 10.6. The first kappa shape index (κ1) is 14.4. The fourth-order valence-electron chi connectivity index (χ4n) is 1.40. The van der Waals surface area contributed by atoms with Crippen LogP contribution in [0.25, 0.3) is 6.08 Å². The minimum Gasteiger partial charge on any atom is -0.393 e. The number of aliphatic hydroxyl groups is 1. The first-order valence-electron chi connectivity index (χ1n) is 5.86. The molecule has 1 aromatic carbocycles. The minimum absolute atomic E-state index is 0.167. The van der Waals surface area contributed by atoms with E-state index in [2.05, 4.69) is 0 Å². The molecule has 4 heteroatoms. The van der Waals surface area contributed by atoms with E-state index in [0.717, 1.165) is 0 Å². The summed E-state index contributed by atoms with van der Waals surface area (Å²) in [5.41, 5.74) is 0.646. The van der Waals surface area contributed by atoms with E-state index in [1.54, 1.807) is 32.2 Å². The maximum Gasteiger partial charge on any atom is 0.246 e. The molecule has 0 aliphatic heterocycles. The van der Waals surface area contributed by atoms with Crippen LogP contribution in [0.2, 0.25) is 0 Å². The van der Waals surface area contributed by atoms with Crippen molar-refractivity contribution in [2.45, 2.75) is 19.4 Å². The molecule has 3 nitrogen and oxygen atoms in total. The number of halogens is 1. The molecule has 98 valence electrons. The summed E-state index contributed by atoms with van der Waals surface area (Å²) in [6.45, 7) is 2.17. The highest BCUT2D eigenvalue weighted by Gasteiger charge is 2.05. The fourth-order valence-corrected chi connectivity index (χ4v) is 1.40. The van der Waals surface area contributed by atoms with E-state index in [9.17, 15) is 9.18 Å². The molecule has 0 aliphatic carbocycles. The van der Waals surface area contributed by atoms with E-state index < -0.39 is 6.10 Å². The minimum atomic E-state index is -0.424. The second-order valence-electron chi connectivity index (χ2n) is 4.29. The van der Waals surface area contributed by atoms with Crippen LogP contribution in [0.5, 0.6) is 0 Å². The van der Waals surface area contributed by atoms with Crippen LogP contribution in [0, 0.1) is 5.82 Å². The second-order valence-corrected chi connectivity index (χ2v) is 4.29. The number of amides is 1. The van der Waals surface area contributed by atoms with Gasteiger partial charge in [0.25, 0.3) is 0 Å². The summed E-state index contributed by atoms with van der Waals surface area (Å²) in [6, 6.07) is 6.03. The van der Waals surface area contributed by atoms with E-state index >= 15 is 0 Å². The van der Waals surface area contributed by atoms with Gasteiger partial charge in [0.2, 0.25) is 5.91 Å². The van der Waals surface area contributed by atoms with E-state index in [4.69, 9.17) is 5.11 Å². The average molecular weight is 251 g/mol. The van der Waals surface area contributed by atoms with Gasteiger partial charge in [-0.3, -0.25) is 4.79 Å². The molecule has 0 saturated heterocycles. The first-order valence-corrected chi connectivity index (χ1v) is 5.86. The van der Waals surface area contributed by atoms with Crippen molar-refractivity contribution in [2.75, 3.05) is 13.6 Å². The highest BCUT2D eigenvalue weighted by Crippen LogP contribution is 2.06. The van der Waals surface area contributed by atoms with Crippen molar-refractivity contribution in [3.63, 3.8) is 0 Å². The van der Waals surface area contributed by atoms with Crippen molar-refractivity contribution in [1.82, 2.24) is 4.90 Å². The highest BCUT2D eigenvalue weighted by molar-refractivity contribution is 5.91. The highest BCUT2D eigenvalue weighted by atomic mass is 19.1. The maximum atomic E-state index is 12.9. The van der Waals surface area contributed by atoms with Gasteiger partial charge in [0.1, 0.15) is 5.82 Å². The molecular formula is C14H18FNO2. The van der Waals surface area contributed by atoms with Gasteiger partial charge in [-0.25, -0.2) is 4.39 Å². The Morgan fingerprint density at radius 1 is 1.56 bits per heavy atom. The molecule has 0 spiro atoms. The van der Waals surface area contributed by atoms with Crippen molar-refractivity contribution in [3.05, 3.63) is 41.7 Å². The number of nitrogens with zero attached hydrogens (tertiary/aromatic N) is 1. The smallest absolute Gasteiger partial charge is 0.246 e. The van der Waals surface area contributed by atoms with Gasteiger partial charge in [-0.2, -0.15) is 0 Å². The van der Waals surface area contributed by atoms with Gasteiger partial charge < -0.3 is 10.0 Å². The number of benzene rings is 1. The van der Waals surface area contributed by atoms with Crippen molar-refractivity contribution in [2.24, 2.45) is 0 Å². The summed E-state index contributed by atoms with van der Waals surface area (Å²) >= 11 is 0. The molecule has 0 aliphatic rings. The van der Waals surface area contributed by atoms with Gasteiger partial charge in [-0.15, -0.1) is 0 Å². The van der Waals surface area contributed by atoms with Crippen LogP contribution < -0.4 is 0 Å². The Morgan fingerprint density at radius 3 is 2.89 bits per heavy atom. The molecule has 0 heterocycles. The molecule has 18 heavy (non-hydrogen) atoms. The molecule has 0 bridgehead atoms. The zero-order valence-corrected chi connectivity index (χ0v) is 10.6. The third kappa shape index (κ3) is 5.10. The topological polar surface area (TPSA) is 40.5 Å². The van der Waals surface area contributed by atoms with E-state index in [-0.39, 0.29) is 11.7 Å². The quantitative estimate of drug-likeness (QED) is 0.814. The molecule has 0 aromatic heterocycles. The molecule has 0 saturated carbocycles. The largest absolute Gasteiger partial charge is 0.393 e. The summed E-state index contributed by atoms with van der Waals surface area (Å²) < 4.78 is 12.9. The lowest BCUT2D eigenvalue weighted by atomic mass is 10.2. The van der Waals surface area contributed by atoms with Crippen LogP contribution in [0.3, 0.4) is 0 Å². The predicted octanol–water partition coefficient (Wildman–Crippen LogP) is 2.07. The van der Waals surface area contributed by atoms with Crippen LogP contribution in [-0.2, 0) is 4.79 Å². The lowest BCUT2D eigenvalue weighted by molar-refractivity contribution is -0.124. The molecule has 0 radical (unpaired) electrons. The molecular weight excluding hydrogens is 233 g/mol. The Balaban J connectivity index is 2.53. The third-order valence-electron chi connectivity index (χ3n) is 2.53. The van der Waals surface area contributed by atoms with Crippen LogP contribution in [-0.4, -0.2) is 35.6 Å². The monoisotopic (exact) mass is 251 g/mol. The number of hydrogen-bond donors (Lipinski definition) is 1. The number of likely N-dealkylation sites (N-methyl/N-ethyl adjacent to an activating group) is 1. The van der Waals surface area contributed by atoms with Crippen LogP contribution in [0.15, 0.2) is 30.3 Å². The normalized spacial score (nSPS) is 12.7. The van der Waals surface area contributed by atoms with Gasteiger partial charge in [0, 0.05) is 19.7 Å². The van der Waals surface area contributed by atoms with Crippen molar-refractivity contribution >= 4 is 12.0 Å². The summed E-state index contributed by atoms with van der Waals surface area (Å²) in [6.07, 6.45) is 3.09. The lowest BCUT2D eigenvalue weighted by Gasteiger charge is -2.15. The first-order chi connectivity index (χ1) is 8.49. The molecule has 0 fully saturated rings. The molecule has 1 N–H and O–H groups in total. The van der Waals surface area contributed by atoms with E-state index in [0.29, 0.717) is 18.5 Å². The summed E-state index contributed by atoms with van der Waals surface area (Å²) in [5.74, 6) is -0.494. The van der Waals surface area contributed by atoms with Gasteiger partial charge in [-0.1, -0.05) is 12.1 Å². The molecule has 1 aromatic rings. The van der Waals surface area contributed by atoms with Crippen LogP contribution in [0.1, 0.15) is 18.9 Å². The summed E-state index contributed by atoms with van der Waals surface area (Å²) in [4.78, 5) is 13.2. The number of hydrogen-bond acceptors (Lipinski definition) is 2. The van der Waals surface area contributed by atoms with E-state index in [1.165, 1.54) is 23.1 Å². The Kier molecular flexibility index (Phi) is 5.52. The van der Waals surface area contributed by atoms with Gasteiger partial charge >= 0.3 is 0 Å². The van der Waals surface area contributed by atoms with Gasteiger partial charge in [-0.05, 0) is 37.1 Å². The molecule has 1 atom stereocenters.